The first kappa shape index (κ1) is 25.0. The van der Waals surface area contributed by atoms with Crippen LogP contribution in [0.5, 0.6) is 0 Å². The van der Waals surface area contributed by atoms with Crippen LogP contribution in [0, 0.1) is 11.7 Å². The zero-order valence-electron chi connectivity index (χ0n) is 16.4. The Morgan fingerprint density at radius 3 is 2.43 bits per heavy atom. The fraction of sp³-hybridized carbons (Fsp3) is 0.647. The number of anilines is 1. The van der Waals surface area contributed by atoms with Gasteiger partial charge >= 0.3 is 7.82 Å². The van der Waals surface area contributed by atoms with E-state index in [9.17, 15) is 17.4 Å². The van der Waals surface area contributed by atoms with Crippen molar-refractivity contribution < 1.29 is 31.7 Å². The van der Waals surface area contributed by atoms with Crippen LogP contribution in [0.15, 0.2) is 23.1 Å². The first-order valence-corrected chi connectivity index (χ1v) is 12.1. The molecule has 1 rings (SSSR count). The number of phosphoric ester groups is 1. The molecule has 0 aliphatic heterocycles. The van der Waals surface area contributed by atoms with E-state index in [2.05, 4.69) is 4.52 Å². The molecule has 11 heteroatoms. The van der Waals surface area contributed by atoms with E-state index >= 15 is 0 Å². The summed E-state index contributed by atoms with van der Waals surface area (Å²) < 4.78 is 57.2. The predicted molar refractivity (Wildman–Crippen MR) is 105 cm³/mol. The SMILES string of the molecule is CCCCCC(COP(=O)(O)O)N(CC(C)C)S(=O)(=O)c1ccc(N)c(F)c1. The van der Waals surface area contributed by atoms with Crippen LogP contribution in [0.25, 0.3) is 0 Å². The largest absolute Gasteiger partial charge is 0.469 e. The van der Waals surface area contributed by atoms with Gasteiger partial charge in [-0.1, -0.05) is 40.0 Å². The summed E-state index contributed by atoms with van der Waals surface area (Å²) in [5.74, 6) is -0.920. The highest BCUT2D eigenvalue weighted by Gasteiger charge is 2.33. The van der Waals surface area contributed by atoms with E-state index in [1.54, 1.807) is 0 Å². The molecule has 0 heterocycles. The van der Waals surface area contributed by atoms with Gasteiger partial charge in [0.05, 0.1) is 17.2 Å². The van der Waals surface area contributed by atoms with Gasteiger partial charge in [0.25, 0.3) is 0 Å². The molecule has 0 fully saturated rings. The molecule has 8 nitrogen and oxygen atoms in total. The van der Waals surface area contributed by atoms with Crippen molar-refractivity contribution in [3.05, 3.63) is 24.0 Å². The Balaban J connectivity index is 3.29. The molecule has 1 aromatic carbocycles. The minimum atomic E-state index is -4.77. The number of nitrogen functional groups attached to an aromatic ring is 1. The van der Waals surface area contributed by atoms with Crippen LogP contribution in [0.1, 0.15) is 46.5 Å². The first-order chi connectivity index (χ1) is 12.9. The van der Waals surface area contributed by atoms with Gasteiger partial charge in [-0.05, 0) is 30.5 Å². The number of hydrogen-bond acceptors (Lipinski definition) is 5. The molecule has 0 saturated carbocycles. The van der Waals surface area contributed by atoms with Crippen molar-refractivity contribution in [3.8, 4) is 0 Å². The Morgan fingerprint density at radius 1 is 1.29 bits per heavy atom. The number of unbranched alkanes of at least 4 members (excludes halogenated alkanes) is 2. The molecule has 162 valence electrons. The van der Waals surface area contributed by atoms with Gasteiger partial charge < -0.3 is 15.5 Å². The number of sulfonamides is 1. The summed E-state index contributed by atoms with van der Waals surface area (Å²) in [6.07, 6.45) is 2.74. The maximum absolute atomic E-state index is 13.9. The minimum Gasteiger partial charge on any atom is -0.396 e. The summed E-state index contributed by atoms with van der Waals surface area (Å²) in [5.41, 5.74) is 5.27. The van der Waals surface area contributed by atoms with Crippen LogP contribution in [0.2, 0.25) is 0 Å². The van der Waals surface area contributed by atoms with Crippen LogP contribution in [-0.2, 0) is 19.1 Å². The summed E-state index contributed by atoms with van der Waals surface area (Å²) in [4.78, 5) is 17.8. The summed E-state index contributed by atoms with van der Waals surface area (Å²) in [5, 5.41) is 0. The Hall–Kier alpha value is -1.03. The molecule has 0 spiro atoms. The van der Waals surface area contributed by atoms with Gasteiger partial charge in [-0.15, -0.1) is 0 Å². The molecule has 0 aromatic heterocycles. The number of nitrogens with two attached hydrogens (primary N) is 1. The standard InChI is InChI=1S/C17H30FN2O6PS/c1-4-5-6-7-14(12-26-27(21,22)23)20(11-13(2)3)28(24,25)15-8-9-17(19)16(18)10-15/h8-10,13-14H,4-7,11-12,19H2,1-3H3,(H2,21,22,23). The lowest BCUT2D eigenvalue weighted by Gasteiger charge is -2.32. The number of hydrogen-bond donors (Lipinski definition) is 3. The Labute approximate surface area is 166 Å². The summed E-state index contributed by atoms with van der Waals surface area (Å²) in [6.45, 7) is 5.26. The van der Waals surface area contributed by atoms with E-state index in [1.807, 2.05) is 20.8 Å². The molecule has 4 N–H and O–H groups in total. The molecule has 0 radical (unpaired) electrons. The Kier molecular flexibility index (Phi) is 9.52. The van der Waals surface area contributed by atoms with Crippen molar-refractivity contribution in [1.82, 2.24) is 4.31 Å². The van der Waals surface area contributed by atoms with Crippen LogP contribution in [0.3, 0.4) is 0 Å². The highest BCUT2D eigenvalue weighted by Crippen LogP contribution is 2.37. The van der Waals surface area contributed by atoms with Gasteiger partial charge in [-0.3, -0.25) is 4.52 Å². The van der Waals surface area contributed by atoms with E-state index in [1.165, 1.54) is 12.1 Å². The molecule has 1 aromatic rings. The predicted octanol–water partition coefficient (Wildman–Crippen LogP) is 3.11. The number of rotatable bonds is 12. The summed E-state index contributed by atoms with van der Waals surface area (Å²) >= 11 is 0. The molecule has 0 aliphatic carbocycles. The monoisotopic (exact) mass is 440 g/mol. The Morgan fingerprint density at radius 2 is 1.93 bits per heavy atom. The lowest BCUT2D eigenvalue weighted by Crippen LogP contribution is -2.44. The average molecular weight is 440 g/mol. The van der Waals surface area contributed by atoms with Crippen LogP contribution < -0.4 is 5.73 Å². The molecular formula is C17H30FN2O6PS. The third kappa shape index (κ3) is 7.77. The average Bonchev–Trinajstić information content (AvgIpc) is 2.57. The van der Waals surface area contributed by atoms with Crippen molar-refractivity contribution in [2.45, 2.75) is 57.4 Å². The van der Waals surface area contributed by atoms with Crippen LogP contribution in [-0.4, -0.2) is 41.7 Å². The van der Waals surface area contributed by atoms with Gasteiger partial charge in [0.15, 0.2) is 0 Å². The number of phosphoric acid groups is 1. The minimum absolute atomic E-state index is 0.0721. The molecule has 0 bridgehead atoms. The summed E-state index contributed by atoms with van der Waals surface area (Å²) in [7, 11) is -8.90. The maximum Gasteiger partial charge on any atom is 0.469 e. The van der Waals surface area contributed by atoms with Gasteiger partial charge in [-0.25, -0.2) is 17.4 Å². The second-order valence-electron chi connectivity index (χ2n) is 7.09. The van der Waals surface area contributed by atoms with Crippen LogP contribution in [0.4, 0.5) is 10.1 Å². The van der Waals surface area contributed by atoms with Crippen molar-refractivity contribution in [1.29, 1.82) is 0 Å². The van der Waals surface area contributed by atoms with Gasteiger partial charge in [0.1, 0.15) is 5.82 Å². The van der Waals surface area contributed by atoms with Gasteiger partial charge in [0, 0.05) is 12.6 Å². The first-order valence-electron chi connectivity index (χ1n) is 9.15. The van der Waals surface area contributed by atoms with Crippen molar-refractivity contribution in [2.75, 3.05) is 18.9 Å². The number of nitrogens with zero attached hydrogens (tertiary/aromatic N) is 1. The smallest absolute Gasteiger partial charge is 0.396 e. The van der Waals surface area contributed by atoms with Gasteiger partial charge in [-0.2, -0.15) is 4.31 Å². The van der Waals surface area contributed by atoms with E-state index in [-0.39, 0.29) is 23.0 Å². The molecule has 0 saturated heterocycles. The van der Waals surface area contributed by atoms with Crippen molar-refractivity contribution >= 4 is 23.5 Å². The zero-order valence-corrected chi connectivity index (χ0v) is 18.1. The van der Waals surface area contributed by atoms with E-state index in [0.29, 0.717) is 12.8 Å². The molecular weight excluding hydrogens is 410 g/mol. The Bertz CT molecular complexity index is 784. The quantitative estimate of drug-likeness (QED) is 0.259. The fourth-order valence-corrected chi connectivity index (χ4v) is 4.91. The van der Waals surface area contributed by atoms with E-state index in [0.717, 1.165) is 23.2 Å². The lowest BCUT2D eigenvalue weighted by molar-refractivity contribution is 0.140. The topological polar surface area (TPSA) is 130 Å². The zero-order chi connectivity index (χ0) is 21.5. The van der Waals surface area contributed by atoms with E-state index in [4.69, 9.17) is 15.5 Å². The third-order valence-corrected chi connectivity index (χ3v) is 6.51. The highest BCUT2D eigenvalue weighted by atomic mass is 32.2. The second-order valence-corrected chi connectivity index (χ2v) is 10.2. The van der Waals surface area contributed by atoms with Crippen molar-refractivity contribution in [3.63, 3.8) is 0 Å². The maximum atomic E-state index is 13.9. The normalized spacial score (nSPS) is 14.0. The fourth-order valence-electron chi connectivity index (χ4n) is 2.73. The second kappa shape index (κ2) is 10.7. The third-order valence-electron chi connectivity index (χ3n) is 4.11. The molecule has 0 aliphatic rings. The molecule has 28 heavy (non-hydrogen) atoms. The molecule has 1 atom stereocenters. The number of halogens is 1. The molecule has 0 amide bonds. The summed E-state index contributed by atoms with van der Waals surface area (Å²) in [6, 6.07) is 2.44. The van der Waals surface area contributed by atoms with Crippen molar-refractivity contribution in [2.24, 2.45) is 5.92 Å². The lowest BCUT2D eigenvalue weighted by atomic mass is 10.1. The van der Waals surface area contributed by atoms with Gasteiger partial charge in [0.2, 0.25) is 10.0 Å². The van der Waals surface area contributed by atoms with Crippen LogP contribution >= 0.6 is 7.82 Å². The highest BCUT2D eigenvalue weighted by molar-refractivity contribution is 7.89. The van der Waals surface area contributed by atoms with E-state index < -0.39 is 36.3 Å². The molecule has 1 unspecified atom stereocenters. The number of benzene rings is 1.